The van der Waals surface area contributed by atoms with Crippen molar-refractivity contribution < 1.29 is 0 Å². The van der Waals surface area contributed by atoms with E-state index >= 15 is 0 Å². The van der Waals surface area contributed by atoms with Crippen LogP contribution in [0.1, 0.15) is 11.3 Å². The molecule has 3 heterocycles. The predicted octanol–water partition coefficient (Wildman–Crippen LogP) is 3.29. The minimum atomic E-state index is 0.533. The van der Waals surface area contributed by atoms with Gasteiger partial charge in [-0.25, -0.2) is 9.97 Å². The number of pyridine rings is 2. The van der Waals surface area contributed by atoms with E-state index in [1.807, 2.05) is 13.0 Å². The first-order chi connectivity index (χ1) is 11.1. The average Bonchev–Trinajstić information content (AvgIpc) is 2.54. The van der Waals surface area contributed by atoms with Crippen molar-refractivity contribution in [1.82, 2.24) is 9.97 Å². The molecule has 1 aliphatic rings. The van der Waals surface area contributed by atoms with Crippen LogP contribution >= 0.6 is 23.2 Å². The maximum absolute atomic E-state index is 9.09. The van der Waals surface area contributed by atoms with Gasteiger partial charge >= 0.3 is 0 Å². The van der Waals surface area contributed by atoms with Gasteiger partial charge in [-0.05, 0) is 25.1 Å². The van der Waals surface area contributed by atoms with Gasteiger partial charge in [0.2, 0.25) is 0 Å². The predicted molar refractivity (Wildman–Crippen MR) is 92.4 cm³/mol. The first-order valence-corrected chi connectivity index (χ1v) is 8.02. The number of hydrogen-bond acceptors (Lipinski definition) is 5. The molecule has 0 aromatic carbocycles. The van der Waals surface area contributed by atoms with Gasteiger partial charge in [-0.2, -0.15) is 5.26 Å². The fourth-order valence-corrected chi connectivity index (χ4v) is 3.16. The van der Waals surface area contributed by atoms with Gasteiger partial charge in [-0.3, -0.25) is 0 Å². The quantitative estimate of drug-likeness (QED) is 0.834. The third-order valence-electron chi connectivity index (χ3n) is 3.76. The van der Waals surface area contributed by atoms with Gasteiger partial charge in [-0.15, -0.1) is 0 Å². The van der Waals surface area contributed by atoms with E-state index in [-0.39, 0.29) is 0 Å². The van der Waals surface area contributed by atoms with Crippen molar-refractivity contribution in [2.24, 2.45) is 0 Å². The summed E-state index contributed by atoms with van der Waals surface area (Å²) in [6, 6.07) is 7.50. The molecule has 1 fully saturated rings. The van der Waals surface area contributed by atoms with Crippen LogP contribution in [0.15, 0.2) is 24.4 Å². The maximum Gasteiger partial charge on any atom is 0.147 e. The summed E-state index contributed by atoms with van der Waals surface area (Å²) in [6.45, 7) is 5.06. The molecule has 0 bridgehead atoms. The minimum absolute atomic E-state index is 0.533. The minimum Gasteiger partial charge on any atom is -0.353 e. The number of hydrogen-bond donors (Lipinski definition) is 0. The van der Waals surface area contributed by atoms with E-state index in [0.29, 0.717) is 15.6 Å². The first-order valence-electron chi connectivity index (χ1n) is 7.26. The Morgan fingerprint density at radius 3 is 2.43 bits per heavy atom. The summed E-state index contributed by atoms with van der Waals surface area (Å²) < 4.78 is 0. The van der Waals surface area contributed by atoms with Gasteiger partial charge in [0.15, 0.2) is 0 Å². The van der Waals surface area contributed by atoms with Crippen LogP contribution in [-0.4, -0.2) is 36.1 Å². The van der Waals surface area contributed by atoms with Gasteiger partial charge in [0, 0.05) is 38.1 Å². The second-order valence-electron chi connectivity index (χ2n) is 5.40. The maximum atomic E-state index is 9.09. The molecule has 0 unspecified atom stereocenters. The Morgan fingerprint density at radius 1 is 1.09 bits per heavy atom. The second-order valence-corrected chi connectivity index (χ2v) is 6.24. The lowest BCUT2D eigenvalue weighted by molar-refractivity contribution is 0.641. The highest BCUT2D eigenvalue weighted by Crippen LogP contribution is 2.27. The Morgan fingerprint density at radius 2 is 1.78 bits per heavy atom. The monoisotopic (exact) mass is 347 g/mol. The molecule has 1 aliphatic heterocycles. The molecule has 118 valence electrons. The molecule has 0 atom stereocenters. The molecule has 2 aromatic heterocycles. The number of rotatable bonds is 2. The van der Waals surface area contributed by atoms with Crippen LogP contribution in [0, 0.1) is 18.3 Å². The summed E-state index contributed by atoms with van der Waals surface area (Å²) in [5.41, 5.74) is 1.49. The first kappa shape index (κ1) is 15.9. The number of aryl methyl sites for hydroxylation is 1. The molecular formula is C16H15Cl2N5. The van der Waals surface area contributed by atoms with Crippen molar-refractivity contribution in [2.45, 2.75) is 6.92 Å². The lowest BCUT2D eigenvalue weighted by atomic mass is 10.2. The number of halogens is 2. The second kappa shape index (κ2) is 6.61. The van der Waals surface area contributed by atoms with Crippen molar-refractivity contribution in [1.29, 1.82) is 5.26 Å². The van der Waals surface area contributed by atoms with Crippen LogP contribution in [0.4, 0.5) is 11.6 Å². The molecule has 5 nitrogen and oxygen atoms in total. The van der Waals surface area contributed by atoms with Crippen molar-refractivity contribution in [2.75, 3.05) is 36.0 Å². The topological polar surface area (TPSA) is 56.1 Å². The van der Waals surface area contributed by atoms with E-state index in [1.165, 1.54) is 0 Å². The lowest BCUT2D eigenvalue weighted by Crippen LogP contribution is -2.47. The SMILES string of the molecule is Cc1cc(C#N)cc(N2CCN(c3ncc(Cl)cc3Cl)CC2)n1. The Labute approximate surface area is 145 Å². The zero-order valence-corrected chi connectivity index (χ0v) is 14.1. The highest BCUT2D eigenvalue weighted by Gasteiger charge is 2.21. The van der Waals surface area contributed by atoms with Crippen LogP contribution < -0.4 is 9.80 Å². The van der Waals surface area contributed by atoms with Crippen molar-refractivity contribution in [3.05, 3.63) is 45.7 Å². The van der Waals surface area contributed by atoms with E-state index < -0.39 is 0 Å². The van der Waals surface area contributed by atoms with Crippen LogP contribution in [-0.2, 0) is 0 Å². The molecule has 7 heteroatoms. The number of anilines is 2. The Kier molecular flexibility index (Phi) is 4.56. The normalized spacial score (nSPS) is 14.7. The van der Waals surface area contributed by atoms with Crippen molar-refractivity contribution in [3.8, 4) is 6.07 Å². The summed E-state index contributed by atoms with van der Waals surface area (Å²) in [4.78, 5) is 13.2. The van der Waals surface area contributed by atoms with E-state index in [4.69, 9.17) is 28.5 Å². The molecule has 0 radical (unpaired) electrons. The highest BCUT2D eigenvalue weighted by molar-refractivity contribution is 6.36. The molecule has 3 rings (SSSR count). The average molecular weight is 348 g/mol. The van der Waals surface area contributed by atoms with Crippen molar-refractivity contribution in [3.63, 3.8) is 0 Å². The lowest BCUT2D eigenvalue weighted by Gasteiger charge is -2.36. The molecule has 0 spiro atoms. The fraction of sp³-hybridized carbons (Fsp3) is 0.312. The number of nitrogens with zero attached hydrogens (tertiary/aromatic N) is 5. The Hall–Kier alpha value is -2.03. The van der Waals surface area contributed by atoms with Gasteiger partial charge in [-0.1, -0.05) is 23.2 Å². The summed E-state index contributed by atoms with van der Waals surface area (Å²) in [6.07, 6.45) is 1.61. The smallest absolute Gasteiger partial charge is 0.147 e. The Balaban J connectivity index is 1.73. The highest BCUT2D eigenvalue weighted by atomic mass is 35.5. The standard InChI is InChI=1S/C16H15Cl2N5/c1-11-6-12(9-19)7-15(21-11)22-2-4-23(5-3-22)16-14(18)8-13(17)10-20-16/h6-8,10H,2-5H2,1H3. The molecular weight excluding hydrogens is 333 g/mol. The van der Waals surface area contributed by atoms with E-state index in [1.54, 1.807) is 18.3 Å². The summed E-state index contributed by atoms with van der Waals surface area (Å²) in [7, 11) is 0. The molecule has 0 saturated carbocycles. The number of piperazine rings is 1. The molecule has 1 saturated heterocycles. The summed E-state index contributed by atoms with van der Waals surface area (Å²) in [5.74, 6) is 1.60. The molecule has 0 N–H and O–H groups in total. The van der Waals surface area contributed by atoms with E-state index in [9.17, 15) is 0 Å². The third kappa shape index (κ3) is 3.49. The van der Waals surface area contributed by atoms with Crippen LogP contribution in [0.2, 0.25) is 10.0 Å². The summed E-state index contributed by atoms with van der Waals surface area (Å²) in [5, 5.41) is 10.2. The fourth-order valence-electron chi connectivity index (χ4n) is 2.66. The number of nitriles is 1. The number of aromatic nitrogens is 2. The zero-order chi connectivity index (χ0) is 16.4. The molecule has 0 amide bonds. The molecule has 2 aromatic rings. The zero-order valence-electron chi connectivity index (χ0n) is 12.6. The van der Waals surface area contributed by atoms with Gasteiger partial charge in [0.05, 0.1) is 21.7 Å². The van der Waals surface area contributed by atoms with Crippen LogP contribution in [0.25, 0.3) is 0 Å². The van der Waals surface area contributed by atoms with E-state index in [0.717, 1.165) is 43.5 Å². The van der Waals surface area contributed by atoms with Gasteiger partial charge in [0.25, 0.3) is 0 Å². The summed E-state index contributed by atoms with van der Waals surface area (Å²) >= 11 is 12.1. The third-order valence-corrected chi connectivity index (χ3v) is 4.25. The Bertz CT molecular complexity index is 764. The molecule has 0 aliphatic carbocycles. The van der Waals surface area contributed by atoms with Crippen LogP contribution in [0.5, 0.6) is 0 Å². The van der Waals surface area contributed by atoms with Crippen LogP contribution in [0.3, 0.4) is 0 Å². The van der Waals surface area contributed by atoms with Crippen molar-refractivity contribution >= 4 is 34.8 Å². The van der Waals surface area contributed by atoms with Gasteiger partial charge in [0.1, 0.15) is 11.6 Å². The van der Waals surface area contributed by atoms with Gasteiger partial charge < -0.3 is 9.80 Å². The largest absolute Gasteiger partial charge is 0.353 e. The van der Waals surface area contributed by atoms with E-state index in [2.05, 4.69) is 25.8 Å². The molecule has 23 heavy (non-hydrogen) atoms.